The summed E-state index contributed by atoms with van der Waals surface area (Å²) in [7, 11) is -1.66. The fraction of sp³-hybridized carbons (Fsp3) is 0.929. The first-order valence-corrected chi connectivity index (χ1v) is 9.84. The minimum absolute atomic E-state index is 0.0951. The van der Waals surface area contributed by atoms with Crippen LogP contribution in [-0.4, -0.2) is 27.6 Å². The molecule has 0 heterocycles. The quantitative estimate of drug-likeness (QED) is 0.723. The molecule has 2 N–H and O–H groups in total. The first-order valence-electron chi connectivity index (χ1n) is 6.94. The van der Waals surface area contributed by atoms with Crippen molar-refractivity contribution >= 4 is 14.4 Å². The number of ether oxygens (including phenoxy) is 1. The molecule has 19 heavy (non-hydrogen) atoms. The summed E-state index contributed by atoms with van der Waals surface area (Å²) in [6.45, 7) is 16.7. The Morgan fingerprint density at radius 3 is 1.95 bits per heavy atom. The van der Waals surface area contributed by atoms with Crippen molar-refractivity contribution in [2.75, 3.05) is 13.2 Å². The average molecular weight is 289 g/mol. The van der Waals surface area contributed by atoms with Crippen molar-refractivity contribution in [2.45, 2.75) is 65.6 Å². The van der Waals surface area contributed by atoms with Gasteiger partial charge < -0.3 is 14.9 Å². The van der Waals surface area contributed by atoms with Crippen LogP contribution in [0.15, 0.2) is 0 Å². The Labute approximate surface area is 119 Å². The summed E-state index contributed by atoms with van der Waals surface area (Å²) in [6, 6.07) is 0. The van der Waals surface area contributed by atoms with Gasteiger partial charge in [0.2, 0.25) is 0 Å². The van der Waals surface area contributed by atoms with Crippen molar-refractivity contribution in [3.8, 4) is 0 Å². The van der Waals surface area contributed by atoms with Crippen LogP contribution in [-0.2, 0) is 9.16 Å². The lowest BCUT2D eigenvalue weighted by molar-refractivity contribution is 0.127. The fourth-order valence-corrected chi connectivity index (χ4v) is 2.40. The highest BCUT2D eigenvalue weighted by Gasteiger charge is 2.37. The summed E-state index contributed by atoms with van der Waals surface area (Å²) in [5.41, 5.74) is 5.04. The first kappa shape index (κ1) is 18.4. The standard InChI is InChI=1S/C14H31NO3Si/c1-13(2,3)19(6,7)18-11-9-14(4,5)8-10-17-12(15)16/h8-11H2,1-7H3,(H2,15,16). The van der Waals surface area contributed by atoms with Crippen LogP contribution in [0.3, 0.4) is 0 Å². The van der Waals surface area contributed by atoms with Gasteiger partial charge in [0, 0.05) is 6.61 Å². The summed E-state index contributed by atoms with van der Waals surface area (Å²) in [5.74, 6) is 0. The third-order valence-corrected chi connectivity index (χ3v) is 8.61. The van der Waals surface area contributed by atoms with Gasteiger partial charge in [-0.15, -0.1) is 0 Å². The van der Waals surface area contributed by atoms with Crippen molar-refractivity contribution in [3.63, 3.8) is 0 Å². The zero-order valence-electron chi connectivity index (χ0n) is 13.6. The van der Waals surface area contributed by atoms with Crippen molar-refractivity contribution in [1.29, 1.82) is 0 Å². The lowest BCUT2D eigenvalue weighted by atomic mass is 9.86. The molecule has 114 valence electrons. The molecule has 0 saturated carbocycles. The van der Waals surface area contributed by atoms with Crippen LogP contribution in [0.5, 0.6) is 0 Å². The smallest absolute Gasteiger partial charge is 0.404 e. The van der Waals surface area contributed by atoms with E-state index in [4.69, 9.17) is 14.9 Å². The van der Waals surface area contributed by atoms with Gasteiger partial charge in [0.15, 0.2) is 8.32 Å². The van der Waals surface area contributed by atoms with Crippen molar-refractivity contribution < 1.29 is 14.0 Å². The Hall–Kier alpha value is -0.553. The van der Waals surface area contributed by atoms with E-state index in [-0.39, 0.29) is 10.5 Å². The molecule has 5 heteroatoms. The fourth-order valence-electron chi connectivity index (χ4n) is 1.35. The molecule has 4 nitrogen and oxygen atoms in total. The highest BCUT2D eigenvalue weighted by molar-refractivity contribution is 6.74. The Balaban J connectivity index is 4.08. The Bertz CT molecular complexity index is 296. The molecule has 0 atom stereocenters. The van der Waals surface area contributed by atoms with Gasteiger partial charge in [0.25, 0.3) is 0 Å². The molecule has 0 radical (unpaired) electrons. The molecule has 0 aromatic carbocycles. The van der Waals surface area contributed by atoms with Gasteiger partial charge in [-0.05, 0) is 36.4 Å². The minimum atomic E-state index is -1.66. The number of carbonyl (C=O) groups excluding carboxylic acids is 1. The van der Waals surface area contributed by atoms with Gasteiger partial charge in [-0.2, -0.15) is 0 Å². The topological polar surface area (TPSA) is 61.5 Å². The van der Waals surface area contributed by atoms with Crippen LogP contribution < -0.4 is 5.73 Å². The van der Waals surface area contributed by atoms with Crippen molar-refractivity contribution in [1.82, 2.24) is 0 Å². The summed E-state index contributed by atoms with van der Waals surface area (Å²) < 4.78 is 10.9. The molecule has 0 spiro atoms. The molecule has 0 fully saturated rings. The van der Waals surface area contributed by atoms with E-state index in [1.54, 1.807) is 0 Å². The second kappa shape index (κ2) is 6.75. The van der Waals surface area contributed by atoms with E-state index in [2.05, 4.69) is 47.7 Å². The Kier molecular flexibility index (Phi) is 6.55. The maximum absolute atomic E-state index is 10.5. The first-order chi connectivity index (χ1) is 8.37. The van der Waals surface area contributed by atoms with Crippen LogP contribution in [0.4, 0.5) is 4.79 Å². The third kappa shape index (κ3) is 7.57. The molecule has 0 aliphatic rings. The lowest BCUT2D eigenvalue weighted by Gasteiger charge is -2.37. The van der Waals surface area contributed by atoms with E-state index < -0.39 is 14.4 Å². The molecule has 0 bridgehead atoms. The number of primary amides is 1. The SMILES string of the molecule is CC(C)(CCOC(N)=O)CCO[Si](C)(C)C(C)(C)C. The highest BCUT2D eigenvalue weighted by Crippen LogP contribution is 2.37. The van der Waals surface area contributed by atoms with Gasteiger partial charge in [-0.3, -0.25) is 0 Å². The second-order valence-corrected chi connectivity index (χ2v) is 12.2. The van der Waals surface area contributed by atoms with E-state index in [0.29, 0.717) is 6.61 Å². The summed E-state index contributed by atoms with van der Waals surface area (Å²) in [4.78, 5) is 10.5. The van der Waals surface area contributed by atoms with Crippen LogP contribution in [0.2, 0.25) is 18.1 Å². The van der Waals surface area contributed by atoms with Crippen LogP contribution in [0.1, 0.15) is 47.5 Å². The summed E-state index contributed by atoms with van der Waals surface area (Å²) in [6.07, 6.45) is 1.06. The van der Waals surface area contributed by atoms with Crippen LogP contribution in [0, 0.1) is 5.41 Å². The number of carbonyl (C=O) groups is 1. The van der Waals surface area contributed by atoms with Crippen molar-refractivity contribution in [2.24, 2.45) is 11.1 Å². The normalized spacial score (nSPS) is 13.4. The van der Waals surface area contributed by atoms with E-state index in [1.165, 1.54) is 0 Å². The van der Waals surface area contributed by atoms with Crippen LogP contribution in [0.25, 0.3) is 0 Å². The molecule has 0 aromatic heterocycles. The van der Waals surface area contributed by atoms with Gasteiger partial charge in [0.05, 0.1) is 6.61 Å². The molecule has 0 unspecified atom stereocenters. The number of rotatable bonds is 7. The second-order valence-electron chi connectivity index (χ2n) is 7.44. The van der Waals surface area contributed by atoms with Gasteiger partial charge in [-0.25, -0.2) is 4.79 Å². The number of nitrogens with two attached hydrogens (primary N) is 1. The highest BCUT2D eigenvalue weighted by atomic mass is 28.4. The van der Waals surface area contributed by atoms with Crippen molar-refractivity contribution in [3.05, 3.63) is 0 Å². The zero-order chi connectivity index (χ0) is 15.3. The predicted octanol–water partition coefficient (Wildman–Crippen LogP) is 3.91. The summed E-state index contributed by atoms with van der Waals surface area (Å²) >= 11 is 0. The third-order valence-electron chi connectivity index (χ3n) is 4.07. The van der Waals surface area contributed by atoms with Crippen LogP contribution >= 0.6 is 0 Å². The van der Waals surface area contributed by atoms with Gasteiger partial charge >= 0.3 is 6.09 Å². The molecule has 0 aliphatic carbocycles. The van der Waals surface area contributed by atoms with Gasteiger partial charge in [-0.1, -0.05) is 34.6 Å². The number of amides is 1. The maximum Gasteiger partial charge on any atom is 0.404 e. The average Bonchev–Trinajstić information content (AvgIpc) is 2.13. The minimum Gasteiger partial charge on any atom is -0.450 e. The Morgan fingerprint density at radius 2 is 1.53 bits per heavy atom. The van der Waals surface area contributed by atoms with E-state index >= 15 is 0 Å². The molecule has 1 amide bonds. The lowest BCUT2D eigenvalue weighted by Crippen LogP contribution is -2.41. The number of hydrogen-bond donors (Lipinski definition) is 1. The van der Waals surface area contributed by atoms with Gasteiger partial charge in [0.1, 0.15) is 0 Å². The summed E-state index contributed by atoms with van der Waals surface area (Å²) in [5, 5.41) is 0.242. The predicted molar refractivity (Wildman–Crippen MR) is 81.7 cm³/mol. The molecule has 0 saturated heterocycles. The number of hydrogen-bond acceptors (Lipinski definition) is 3. The zero-order valence-corrected chi connectivity index (χ0v) is 14.6. The molecule has 0 aliphatic heterocycles. The maximum atomic E-state index is 10.5. The largest absolute Gasteiger partial charge is 0.450 e. The molecular weight excluding hydrogens is 258 g/mol. The van der Waals surface area contributed by atoms with E-state index in [1.807, 2.05) is 0 Å². The molecule has 0 aromatic rings. The van der Waals surface area contributed by atoms with E-state index in [0.717, 1.165) is 19.4 Å². The Morgan fingerprint density at radius 1 is 1.05 bits per heavy atom. The molecule has 0 rings (SSSR count). The van der Waals surface area contributed by atoms with E-state index in [9.17, 15) is 4.79 Å². The molecular formula is C14H31NO3Si. The monoisotopic (exact) mass is 289 g/mol.